The Labute approximate surface area is 135 Å². The van der Waals surface area contributed by atoms with Crippen LogP contribution in [0.1, 0.15) is 18.4 Å². The standard InChI is InChI=1S/C17H21NO5/c1-18(2)11-14(15(19)9-10-16(20)22-3)17(21)23-12-13-7-5-4-6-8-13/h4-8,11H,9-10,12H2,1-3H3. The van der Waals surface area contributed by atoms with Crippen LogP contribution >= 0.6 is 0 Å². The molecule has 0 fully saturated rings. The topological polar surface area (TPSA) is 72.9 Å². The molecule has 0 amide bonds. The lowest BCUT2D eigenvalue weighted by Gasteiger charge is -2.11. The maximum absolute atomic E-state index is 12.2. The number of Topliss-reactive ketones (excluding diaryl/α,β-unsaturated/α-hetero) is 1. The van der Waals surface area contributed by atoms with Crippen LogP contribution in [0.15, 0.2) is 42.1 Å². The van der Waals surface area contributed by atoms with E-state index in [0.29, 0.717) is 0 Å². The molecule has 0 radical (unpaired) electrons. The smallest absolute Gasteiger partial charge is 0.343 e. The molecule has 23 heavy (non-hydrogen) atoms. The molecule has 0 saturated carbocycles. The van der Waals surface area contributed by atoms with E-state index in [1.165, 1.54) is 13.3 Å². The molecule has 0 N–H and O–H groups in total. The summed E-state index contributed by atoms with van der Waals surface area (Å²) >= 11 is 0. The van der Waals surface area contributed by atoms with E-state index in [1.807, 2.05) is 30.3 Å². The summed E-state index contributed by atoms with van der Waals surface area (Å²) in [5, 5.41) is 0. The number of nitrogens with zero attached hydrogens (tertiary/aromatic N) is 1. The summed E-state index contributed by atoms with van der Waals surface area (Å²) in [6.45, 7) is 0.0781. The molecule has 0 saturated heterocycles. The lowest BCUT2D eigenvalue weighted by Crippen LogP contribution is -2.20. The van der Waals surface area contributed by atoms with Gasteiger partial charge in [-0.25, -0.2) is 4.79 Å². The molecule has 0 unspecified atom stereocenters. The van der Waals surface area contributed by atoms with Gasteiger partial charge in [0, 0.05) is 26.7 Å². The molecule has 0 aliphatic heterocycles. The van der Waals surface area contributed by atoms with E-state index in [4.69, 9.17) is 4.74 Å². The van der Waals surface area contributed by atoms with Gasteiger partial charge in [-0.05, 0) is 5.56 Å². The Balaban J connectivity index is 2.71. The van der Waals surface area contributed by atoms with Gasteiger partial charge in [0.25, 0.3) is 0 Å². The van der Waals surface area contributed by atoms with Crippen LogP contribution < -0.4 is 0 Å². The Bertz CT molecular complexity index is 578. The first kappa shape index (κ1) is 18.4. The average Bonchev–Trinajstić information content (AvgIpc) is 2.55. The molecule has 0 aliphatic carbocycles. The second-order valence-electron chi connectivity index (χ2n) is 5.07. The van der Waals surface area contributed by atoms with Gasteiger partial charge in [-0.1, -0.05) is 30.3 Å². The average molecular weight is 319 g/mol. The third-order valence-corrected chi connectivity index (χ3v) is 2.90. The van der Waals surface area contributed by atoms with Gasteiger partial charge >= 0.3 is 11.9 Å². The van der Waals surface area contributed by atoms with Gasteiger partial charge in [0.15, 0.2) is 5.78 Å². The molecule has 1 aromatic rings. The number of benzene rings is 1. The number of ketones is 1. The number of methoxy groups -OCH3 is 1. The summed E-state index contributed by atoms with van der Waals surface area (Å²) in [4.78, 5) is 37.0. The molecule has 0 aromatic heterocycles. The first-order valence-electron chi connectivity index (χ1n) is 7.13. The number of hydrogen-bond donors (Lipinski definition) is 0. The molecular formula is C17H21NO5. The van der Waals surface area contributed by atoms with Crippen LogP contribution in [0.25, 0.3) is 0 Å². The minimum absolute atomic E-state index is 0.0773. The third-order valence-electron chi connectivity index (χ3n) is 2.90. The zero-order valence-corrected chi connectivity index (χ0v) is 13.6. The highest BCUT2D eigenvalue weighted by Crippen LogP contribution is 2.09. The van der Waals surface area contributed by atoms with Crippen molar-refractivity contribution in [3.63, 3.8) is 0 Å². The van der Waals surface area contributed by atoms with E-state index in [0.717, 1.165) is 5.56 Å². The summed E-state index contributed by atoms with van der Waals surface area (Å²) in [5.74, 6) is -1.67. The Hall–Kier alpha value is -2.63. The van der Waals surface area contributed by atoms with Crippen molar-refractivity contribution in [1.29, 1.82) is 0 Å². The fraction of sp³-hybridized carbons (Fsp3) is 0.353. The van der Waals surface area contributed by atoms with Gasteiger partial charge in [0.05, 0.1) is 13.5 Å². The first-order valence-corrected chi connectivity index (χ1v) is 7.13. The Kier molecular flexibility index (Phi) is 7.53. The minimum Gasteiger partial charge on any atom is -0.469 e. The van der Waals surface area contributed by atoms with E-state index < -0.39 is 17.7 Å². The van der Waals surface area contributed by atoms with Crippen molar-refractivity contribution < 1.29 is 23.9 Å². The van der Waals surface area contributed by atoms with Crippen LogP contribution in [0.2, 0.25) is 0 Å². The van der Waals surface area contributed by atoms with E-state index in [1.54, 1.807) is 19.0 Å². The van der Waals surface area contributed by atoms with Crippen LogP contribution in [-0.2, 0) is 30.5 Å². The molecule has 1 aromatic carbocycles. The molecule has 0 bridgehead atoms. The molecule has 6 nitrogen and oxygen atoms in total. The predicted molar refractivity (Wildman–Crippen MR) is 84.3 cm³/mol. The van der Waals surface area contributed by atoms with Crippen LogP contribution in [0.3, 0.4) is 0 Å². The van der Waals surface area contributed by atoms with Crippen molar-refractivity contribution in [3.05, 3.63) is 47.7 Å². The Morgan fingerprint density at radius 2 is 1.74 bits per heavy atom. The zero-order valence-electron chi connectivity index (χ0n) is 13.6. The van der Waals surface area contributed by atoms with Gasteiger partial charge < -0.3 is 14.4 Å². The summed E-state index contributed by atoms with van der Waals surface area (Å²) in [5.41, 5.74) is 0.738. The number of esters is 2. The molecule has 0 aliphatic rings. The lowest BCUT2D eigenvalue weighted by atomic mass is 10.1. The van der Waals surface area contributed by atoms with Crippen molar-refractivity contribution in [2.75, 3.05) is 21.2 Å². The van der Waals surface area contributed by atoms with Crippen molar-refractivity contribution >= 4 is 17.7 Å². The number of hydrogen-bond acceptors (Lipinski definition) is 6. The van der Waals surface area contributed by atoms with E-state index in [-0.39, 0.29) is 25.0 Å². The zero-order chi connectivity index (χ0) is 17.2. The Morgan fingerprint density at radius 3 is 2.30 bits per heavy atom. The predicted octanol–water partition coefficient (Wildman–Crippen LogP) is 1.70. The summed E-state index contributed by atoms with van der Waals surface area (Å²) in [6.07, 6.45) is 1.21. The molecule has 0 heterocycles. The van der Waals surface area contributed by atoms with Crippen molar-refractivity contribution in [2.45, 2.75) is 19.4 Å². The number of ether oxygens (including phenoxy) is 2. The second-order valence-corrected chi connectivity index (χ2v) is 5.07. The van der Waals surface area contributed by atoms with Gasteiger partial charge in [-0.3, -0.25) is 9.59 Å². The van der Waals surface area contributed by atoms with Gasteiger partial charge in [0.1, 0.15) is 12.2 Å². The van der Waals surface area contributed by atoms with Gasteiger partial charge in [-0.15, -0.1) is 0 Å². The van der Waals surface area contributed by atoms with Crippen LogP contribution in [0.5, 0.6) is 0 Å². The van der Waals surface area contributed by atoms with Gasteiger partial charge in [0.2, 0.25) is 0 Å². The maximum Gasteiger partial charge on any atom is 0.343 e. The van der Waals surface area contributed by atoms with Crippen LogP contribution in [-0.4, -0.2) is 43.8 Å². The largest absolute Gasteiger partial charge is 0.469 e. The lowest BCUT2D eigenvalue weighted by molar-refractivity contribution is -0.144. The van der Waals surface area contributed by atoms with Crippen molar-refractivity contribution in [1.82, 2.24) is 4.90 Å². The van der Waals surface area contributed by atoms with E-state index in [9.17, 15) is 14.4 Å². The fourth-order valence-corrected chi connectivity index (χ4v) is 1.75. The van der Waals surface area contributed by atoms with Gasteiger partial charge in [-0.2, -0.15) is 0 Å². The Morgan fingerprint density at radius 1 is 1.09 bits per heavy atom. The molecule has 0 atom stereocenters. The van der Waals surface area contributed by atoms with E-state index in [2.05, 4.69) is 4.74 Å². The number of rotatable bonds is 8. The highest BCUT2D eigenvalue weighted by Gasteiger charge is 2.21. The van der Waals surface area contributed by atoms with Crippen LogP contribution in [0.4, 0.5) is 0 Å². The minimum atomic E-state index is -0.711. The highest BCUT2D eigenvalue weighted by atomic mass is 16.5. The summed E-state index contributed by atoms with van der Waals surface area (Å²) in [7, 11) is 4.63. The number of carbonyl (C=O) groups is 3. The van der Waals surface area contributed by atoms with Crippen LogP contribution in [0, 0.1) is 0 Å². The molecule has 0 spiro atoms. The van der Waals surface area contributed by atoms with Crippen molar-refractivity contribution in [2.24, 2.45) is 0 Å². The monoisotopic (exact) mass is 319 g/mol. The maximum atomic E-state index is 12.2. The SMILES string of the molecule is COC(=O)CCC(=O)C(=CN(C)C)C(=O)OCc1ccccc1. The third kappa shape index (κ3) is 6.78. The van der Waals surface area contributed by atoms with Crippen molar-refractivity contribution in [3.8, 4) is 0 Å². The second kappa shape index (κ2) is 9.40. The molecule has 6 heteroatoms. The molecule has 1 rings (SSSR count). The quantitative estimate of drug-likeness (QED) is 0.314. The number of carbonyl (C=O) groups excluding carboxylic acids is 3. The first-order chi connectivity index (χ1) is 10.9. The highest BCUT2D eigenvalue weighted by molar-refractivity contribution is 6.17. The normalized spacial score (nSPS) is 10.8. The summed E-state index contributed by atoms with van der Waals surface area (Å²) in [6, 6.07) is 9.17. The summed E-state index contributed by atoms with van der Waals surface area (Å²) < 4.78 is 9.66. The fourth-order valence-electron chi connectivity index (χ4n) is 1.75. The molecular weight excluding hydrogens is 298 g/mol. The molecule has 124 valence electrons. The van der Waals surface area contributed by atoms with E-state index >= 15 is 0 Å².